The third-order valence-electron chi connectivity index (χ3n) is 12.1. The van der Waals surface area contributed by atoms with Gasteiger partial charge in [0.1, 0.15) is 0 Å². The Bertz CT molecular complexity index is 3010. The fourth-order valence-electron chi connectivity index (χ4n) is 8.89. The molecule has 0 atom stereocenters. The van der Waals surface area contributed by atoms with E-state index in [1.807, 2.05) is 62.5 Å². The van der Waals surface area contributed by atoms with Crippen LogP contribution in [0.5, 0.6) is 0 Å². The van der Waals surface area contributed by atoms with Crippen molar-refractivity contribution in [1.82, 2.24) is 15.0 Å². The second-order valence-electron chi connectivity index (χ2n) is 17.3. The van der Waals surface area contributed by atoms with Gasteiger partial charge in [0.2, 0.25) is 0 Å². The molecule has 64 heavy (non-hydrogen) atoms. The molecule has 1 fully saturated rings. The molecule has 0 saturated heterocycles. The quantitative estimate of drug-likeness (QED) is 0.102. The van der Waals surface area contributed by atoms with Gasteiger partial charge in [0.15, 0.2) is 0 Å². The minimum Gasteiger partial charge on any atom is -0.305 e. The Morgan fingerprint density at radius 3 is 1.58 bits per heavy atom. The van der Waals surface area contributed by atoms with Gasteiger partial charge in [-0.1, -0.05) is 100 Å². The van der Waals surface area contributed by atoms with Crippen LogP contribution in [-0.4, -0.2) is 15.0 Å². The summed E-state index contributed by atoms with van der Waals surface area (Å²) >= 11 is 0. The molecule has 0 amide bonds. The first-order chi connectivity index (χ1) is 33.8. The van der Waals surface area contributed by atoms with Gasteiger partial charge in [-0.15, -0.1) is 106 Å². The maximum Gasteiger partial charge on any atom is 3.00 e. The standard InChI is InChI=1S/C60H56N3.Ir/c1-42-35-54(49-11-5-6-12-49)36-43(2)59(42)53-31-34-63-58(40-53)52-27-29-55(30-28-52)60(3,4)41-48-38-46(17-15-44-19-23-50(24-20-44)56-13-7-9-32-61-56)37-47(39-48)18-16-45-21-25-51(26-22-45)57-14-8-10-33-62-57;/h7-10,13-14,19-23,25,27,29-40,49H,5-6,11-12,15-18,41H2,1-4H3;/q-3;+3/i15D2,16D2,17D2,18D2;. The number of hydrogen-bond acceptors (Lipinski definition) is 3. The van der Waals surface area contributed by atoms with E-state index in [9.17, 15) is 11.0 Å². The Labute approximate surface area is 406 Å². The Kier molecular flexibility index (Phi) is 11.3. The Balaban J connectivity index is 0.00000693. The first-order valence-electron chi connectivity index (χ1n) is 25.9. The third kappa shape index (κ3) is 10.8. The van der Waals surface area contributed by atoms with Crippen molar-refractivity contribution in [3.05, 3.63) is 220 Å². The summed E-state index contributed by atoms with van der Waals surface area (Å²) in [6.45, 7) is 8.48. The van der Waals surface area contributed by atoms with Crippen LogP contribution >= 0.6 is 0 Å². The summed E-state index contributed by atoms with van der Waals surface area (Å²) in [4.78, 5) is 13.5. The molecule has 3 aromatic heterocycles. The smallest absolute Gasteiger partial charge is 0.305 e. The fraction of sp³-hybridized carbons (Fsp3) is 0.250. The van der Waals surface area contributed by atoms with Crippen LogP contribution < -0.4 is 0 Å². The van der Waals surface area contributed by atoms with E-state index >= 15 is 0 Å². The molecule has 3 nitrogen and oxygen atoms in total. The van der Waals surface area contributed by atoms with Gasteiger partial charge in [-0.3, -0.25) is 0 Å². The molecular weight excluding hydrogens is 955 g/mol. The summed E-state index contributed by atoms with van der Waals surface area (Å²) in [5, 5.41) is 0. The van der Waals surface area contributed by atoms with Crippen LogP contribution in [-0.2, 0) is 57.4 Å². The molecule has 9 rings (SSSR count). The number of benzene rings is 5. The average molecular weight is 1020 g/mol. The summed E-state index contributed by atoms with van der Waals surface area (Å²) in [7, 11) is 0. The zero-order valence-corrected chi connectivity index (χ0v) is 39.1. The number of aromatic nitrogens is 3. The van der Waals surface area contributed by atoms with E-state index in [4.69, 9.17) is 4.98 Å². The minimum atomic E-state index is -2.73. The zero-order chi connectivity index (χ0) is 50.3. The van der Waals surface area contributed by atoms with Crippen LogP contribution in [0.3, 0.4) is 0 Å². The summed E-state index contributed by atoms with van der Waals surface area (Å²) in [6.07, 6.45) is -0.189. The normalized spacial score (nSPS) is 15.6. The number of rotatable bonds is 14. The first kappa shape index (κ1) is 35.5. The minimum absolute atomic E-state index is 0. The van der Waals surface area contributed by atoms with Crippen molar-refractivity contribution >= 4 is 0 Å². The van der Waals surface area contributed by atoms with Crippen molar-refractivity contribution in [3.63, 3.8) is 0 Å². The monoisotopic (exact) mass is 1020 g/mol. The molecule has 320 valence electrons. The molecule has 3 heterocycles. The average Bonchev–Trinajstić information content (AvgIpc) is 3.92. The van der Waals surface area contributed by atoms with E-state index in [1.54, 1.807) is 48.8 Å². The van der Waals surface area contributed by atoms with Crippen molar-refractivity contribution in [3.8, 4) is 44.9 Å². The van der Waals surface area contributed by atoms with Crippen LogP contribution in [0.15, 0.2) is 152 Å². The molecule has 0 spiro atoms. The van der Waals surface area contributed by atoms with E-state index in [0.29, 0.717) is 34.0 Å². The number of nitrogens with zero attached hydrogens (tertiary/aromatic N) is 3. The molecule has 5 aromatic carbocycles. The fourth-order valence-corrected chi connectivity index (χ4v) is 8.89. The second kappa shape index (κ2) is 20.4. The maximum atomic E-state index is 9.51. The van der Waals surface area contributed by atoms with Crippen molar-refractivity contribution in [2.45, 2.75) is 96.6 Å². The third-order valence-corrected chi connectivity index (χ3v) is 12.1. The van der Waals surface area contributed by atoms with E-state index in [2.05, 4.69) is 66.3 Å². The predicted molar refractivity (Wildman–Crippen MR) is 260 cm³/mol. The molecule has 1 aliphatic carbocycles. The Morgan fingerprint density at radius 1 is 0.547 bits per heavy atom. The van der Waals surface area contributed by atoms with Crippen molar-refractivity contribution in [2.75, 3.05) is 0 Å². The topological polar surface area (TPSA) is 38.7 Å². The van der Waals surface area contributed by atoms with Gasteiger partial charge in [-0.05, 0) is 137 Å². The van der Waals surface area contributed by atoms with E-state index in [0.717, 1.165) is 22.4 Å². The largest absolute Gasteiger partial charge is 3.00 e. The Hall–Kier alpha value is -5.80. The SMILES string of the molecule is [2H]C([2H])(c1c[c-]c(-c2ccccn2)cc1)C([2H])([2H])c1cc(CC(C)(C)c2c[c-]c(-c3cc(-c4c(C)cc(C5CCCC5)cc4C)ccn3)cc2)cc(C([2H])([2H])C([2H])([2H])c2c[c-]c(-c3ccccn3)cc2)c1.[Ir+3]. The van der Waals surface area contributed by atoms with Crippen molar-refractivity contribution in [2.24, 2.45) is 0 Å². The van der Waals surface area contributed by atoms with Gasteiger partial charge >= 0.3 is 20.1 Å². The molecule has 1 saturated carbocycles. The van der Waals surface area contributed by atoms with E-state index in [-0.39, 0.29) is 48.8 Å². The summed E-state index contributed by atoms with van der Waals surface area (Å²) in [6, 6.07) is 49.1. The predicted octanol–water partition coefficient (Wildman–Crippen LogP) is 14.3. The molecule has 0 radical (unpaired) electrons. The van der Waals surface area contributed by atoms with E-state index in [1.165, 1.54) is 78.3 Å². The van der Waals surface area contributed by atoms with Gasteiger partial charge in [0.25, 0.3) is 0 Å². The van der Waals surface area contributed by atoms with Crippen LogP contribution in [0.1, 0.15) is 106 Å². The van der Waals surface area contributed by atoms with Gasteiger partial charge in [0, 0.05) is 29.6 Å². The summed E-state index contributed by atoms with van der Waals surface area (Å²) < 4.78 is 75.4. The molecular formula is C60H56IrN3. The van der Waals surface area contributed by atoms with Gasteiger partial charge in [0.05, 0.1) is 0 Å². The number of aryl methyl sites for hydroxylation is 6. The first-order valence-corrected chi connectivity index (χ1v) is 21.9. The summed E-state index contributed by atoms with van der Waals surface area (Å²) in [5.74, 6) is 0.639. The molecule has 0 bridgehead atoms. The zero-order valence-electron chi connectivity index (χ0n) is 44.7. The van der Waals surface area contributed by atoms with Crippen LogP contribution in [0.25, 0.3) is 44.9 Å². The molecule has 4 heteroatoms. The van der Waals surface area contributed by atoms with Crippen LogP contribution in [0.4, 0.5) is 0 Å². The number of hydrogen-bond donors (Lipinski definition) is 0. The van der Waals surface area contributed by atoms with Gasteiger partial charge < -0.3 is 15.0 Å². The molecule has 0 unspecified atom stereocenters. The Morgan fingerprint density at radius 2 is 1.06 bits per heavy atom. The number of pyridine rings is 3. The second-order valence-corrected chi connectivity index (χ2v) is 17.3. The molecule has 0 N–H and O–H groups in total. The van der Waals surface area contributed by atoms with Crippen molar-refractivity contribution in [1.29, 1.82) is 0 Å². The van der Waals surface area contributed by atoms with Gasteiger partial charge in [-0.2, -0.15) is 0 Å². The van der Waals surface area contributed by atoms with Crippen molar-refractivity contribution < 1.29 is 31.1 Å². The molecule has 0 aliphatic heterocycles. The van der Waals surface area contributed by atoms with Crippen LogP contribution in [0.2, 0.25) is 0 Å². The van der Waals surface area contributed by atoms with E-state index < -0.39 is 30.9 Å². The molecule has 1 aliphatic rings. The maximum absolute atomic E-state index is 9.51. The summed E-state index contributed by atoms with van der Waals surface area (Å²) in [5.41, 5.74) is 11.1. The molecule has 8 aromatic rings. The van der Waals surface area contributed by atoms with Gasteiger partial charge in [-0.25, -0.2) is 0 Å². The van der Waals surface area contributed by atoms with Crippen LogP contribution in [0, 0.1) is 32.0 Å².